The van der Waals surface area contributed by atoms with E-state index in [1.54, 1.807) is 0 Å². The maximum Gasteiger partial charge on any atom is 0.200 e. The van der Waals surface area contributed by atoms with E-state index in [1.165, 1.54) is 5.56 Å². The van der Waals surface area contributed by atoms with Crippen molar-refractivity contribution >= 4 is 5.69 Å². The van der Waals surface area contributed by atoms with Gasteiger partial charge in [0.25, 0.3) is 0 Å². The summed E-state index contributed by atoms with van der Waals surface area (Å²) in [6.45, 7) is 2.10. The molecular formula is C11H14N2O. The van der Waals surface area contributed by atoms with Crippen LogP contribution in [0.15, 0.2) is 24.3 Å². The maximum absolute atomic E-state index is 10.3. The highest BCUT2D eigenvalue weighted by molar-refractivity contribution is 5.61. The van der Waals surface area contributed by atoms with Gasteiger partial charge in [0.1, 0.15) is 0 Å². The van der Waals surface area contributed by atoms with E-state index in [0.717, 1.165) is 12.1 Å². The molecule has 1 fully saturated rings. The first-order chi connectivity index (χ1) is 6.69. The summed E-state index contributed by atoms with van der Waals surface area (Å²) in [5.74, 6) is -0.725. The molecule has 14 heavy (non-hydrogen) atoms. The third kappa shape index (κ3) is 0.938. The number of anilines is 1. The number of aliphatic hydroxyl groups is 1. The van der Waals surface area contributed by atoms with Crippen molar-refractivity contribution in [3.63, 3.8) is 0 Å². The van der Waals surface area contributed by atoms with Crippen molar-refractivity contribution in [3.8, 4) is 0 Å². The number of fused-ring (bicyclic) bond motifs is 3. The molecule has 3 N–H and O–H groups in total. The summed E-state index contributed by atoms with van der Waals surface area (Å²) >= 11 is 0. The van der Waals surface area contributed by atoms with Gasteiger partial charge < -0.3 is 10.4 Å². The number of hydrogen-bond donors (Lipinski definition) is 3. The predicted octanol–water partition coefficient (Wildman–Crippen LogP) is 1.22. The molecule has 1 aromatic carbocycles. The molecule has 2 aliphatic heterocycles. The van der Waals surface area contributed by atoms with Crippen LogP contribution in [0.3, 0.4) is 0 Å². The second-order valence-corrected chi connectivity index (χ2v) is 4.31. The Hall–Kier alpha value is -1.06. The highest BCUT2D eigenvalue weighted by atomic mass is 16.3. The molecule has 0 spiro atoms. The van der Waals surface area contributed by atoms with Gasteiger partial charge in [-0.2, -0.15) is 0 Å². The fraction of sp³-hybridized carbons (Fsp3) is 0.455. The van der Waals surface area contributed by atoms with Crippen LogP contribution in [0.5, 0.6) is 0 Å². The number of hydrogen-bond acceptors (Lipinski definition) is 3. The van der Waals surface area contributed by atoms with Crippen molar-refractivity contribution in [1.29, 1.82) is 0 Å². The summed E-state index contributed by atoms with van der Waals surface area (Å²) in [5.41, 5.74) is 2.28. The van der Waals surface area contributed by atoms with Crippen LogP contribution in [0.2, 0.25) is 0 Å². The van der Waals surface area contributed by atoms with Crippen LogP contribution in [-0.4, -0.2) is 17.0 Å². The Morgan fingerprint density at radius 1 is 1.43 bits per heavy atom. The number of para-hydroxylation sites is 1. The summed E-state index contributed by atoms with van der Waals surface area (Å²) in [7, 11) is 0. The second-order valence-electron chi connectivity index (χ2n) is 4.31. The standard InChI is InChI=1S/C11H14N2O/c1-7-6-9-8-4-2-3-5-10(8)13-11(9,14)12-7/h2-5,7,9,12-14H,6H2,1H3. The van der Waals surface area contributed by atoms with Gasteiger partial charge >= 0.3 is 0 Å². The number of rotatable bonds is 0. The van der Waals surface area contributed by atoms with Crippen LogP contribution >= 0.6 is 0 Å². The van der Waals surface area contributed by atoms with Gasteiger partial charge in [-0.3, -0.25) is 5.32 Å². The van der Waals surface area contributed by atoms with E-state index in [9.17, 15) is 5.11 Å². The van der Waals surface area contributed by atoms with E-state index >= 15 is 0 Å². The molecule has 1 saturated heterocycles. The zero-order chi connectivity index (χ0) is 9.76. The van der Waals surface area contributed by atoms with Gasteiger partial charge in [-0.25, -0.2) is 0 Å². The van der Waals surface area contributed by atoms with E-state index in [2.05, 4.69) is 23.6 Å². The Labute approximate surface area is 83.1 Å². The van der Waals surface area contributed by atoms with Gasteiger partial charge in [-0.1, -0.05) is 18.2 Å². The Kier molecular flexibility index (Phi) is 1.47. The highest BCUT2D eigenvalue weighted by Gasteiger charge is 2.50. The van der Waals surface area contributed by atoms with Crippen molar-refractivity contribution in [2.75, 3.05) is 5.32 Å². The molecule has 0 aliphatic carbocycles. The van der Waals surface area contributed by atoms with Crippen molar-refractivity contribution in [1.82, 2.24) is 5.32 Å². The average molecular weight is 190 g/mol. The summed E-state index contributed by atoms with van der Waals surface area (Å²) in [6.07, 6.45) is 0.987. The molecule has 74 valence electrons. The van der Waals surface area contributed by atoms with Crippen molar-refractivity contribution < 1.29 is 5.11 Å². The fourth-order valence-corrected chi connectivity index (χ4v) is 2.65. The molecule has 0 bridgehead atoms. The summed E-state index contributed by atoms with van der Waals surface area (Å²) in [4.78, 5) is 0. The lowest BCUT2D eigenvalue weighted by atomic mass is 9.95. The van der Waals surface area contributed by atoms with Crippen LogP contribution < -0.4 is 10.6 Å². The third-order valence-electron chi connectivity index (χ3n) is 3.22. The molecule has 3 unspecified atom stereocenters. The minimum Gasteiger partial charge on any atom is -0.358 e. The highest BCUT2D eigenvalue weighted by Crippen LogP contribution is 2.46. The smallest absolute Gasteiger partial charge is 0.200 e. The Balaban J connectivity index is 2.08. The zero-order valence-electron chi connectivity index (χ0n) is 8.12. The largest absolute Gasteiger partial charge is 0.358 e. The third-order valence-corrected chi connectivity index (χ3v) is 3.22. The van der Waals surface area contributed by atoms with Crippen LogP contribution in [0.25, 0.3) is 0 Å². The Morgan fingerprint density at radius 2 is 2.21 bits per heavy atom. The molecule has 0 radical (unpaired) electrons. The summed E-state index contributed by atoms with van der Waals surface area (Å²) in [5, 5.41) is 16.6. The first-order valence-electron chi connectivity index (χ1n) is 5.06. The van der Waals surface area contributed by atoms with Gasteiger partial charge in [-0.15, -0.1) is 0 Å². The minimum atomic E-state index is -0.914. The molecule has 2 heterocycles. The Morgan fingerprint density at radius 3 is 3.07 bits per heavy atom. The number of benzene rings is 1. The van der Waals surface area contributed by atoms with Gasteiger partial charge in [0.05, 0.1) is 0 Å². The molecule has 1 aromatic rings. The van der Waals surface area contributed by atoms with Crippen molar-refractivity contribution in [2.45, 2.75) is 31.2 Å². The van der Waals surface area contributed by atoms with Gasteiger partial charge in [0.2, 0.25) is 0 Å². The van der Waals surface area contributed by atoms with E-state index in [4.69, 9.17) is 0 Å². The van der Waals surface area contributed by atoms with E-state index in [1.807, 2.05) is 18.2 Å². The molecule has 3 rings (SSSR count). The van der Waals surface area contributed by atoms with Crippen LogP contribution in [0, 0.1) is 0 Å². The lowest BCUT2D eigenvalue weighted by Gasteiger charge is -2.24. The van der Waals surface area contributed by atoms with Crippen molar-refractivity contribution in [2.24, 2.45) is 0 Å². The molecule has 0 saturated carbocycles. The average Bonchev–Trinajstić information content (AvgIpc) is 2.54. The molecular weight excluding hydrogens is 176 g/mol. The molecule has 0 aromatic heterocycles. The normalized spacial score (nSPS) is 39.0. The maximum atomic E-state index is 10.3. The quantitative estimate of drug-likeness (QED) is 0.576. The van der Waals surface area contributed by atoms with E-state index in [-0.39, 0.29) is 5.92 Å². The van der Waals surface area contributed by atoms with Gasteiger partial charge in [-0.05, 0) is 25.0 Å². The monoisotopic (exact) mass is 190 g/mol. The SMILES string of the molecule is CC1CC2c3ccccc3NC2(O)N1. The lowest BCUT2D eigenvalue weighted by Crippen LogP contribution is -2.49. The Bertz CT molecular complexity index is 379. The zero-order valence-corrected chi connectivity index (χ0v) is 8.12. The molecule has 3 nitrogen and oxygen atoms in total. The van der Waals surface area contributed by atoms with Crippen LogP contribution in [0.1, 0.15) is 24.8 Å². The summed E-state index contributed by atoms with van der Waals surface area (Å²) in [6, 6.07) is 8.48. The lowest BCUT2D eigenvalue weighted by molar-refractivity contribution is 0.0417. The fourth-order valence-electron chi connectivity index (χ4n) is 2.65. The molecule has 3 heteroatoms. The number of nitrogens with one attached hydrogen (secondary N) is 2. The van der Waals surface area contributed by atoms with Crippen molar-refractivity contribution in [3.05, 3.63) is 29.8 Å². The topological polar surface area (TPSA) is 44.3 Å². The predicted molar refractivity (Wildman–Crippen MR) is 55.0 cm³/mol. The van der Waals surface area contributed by atoms with Gasteiger partial charge in [0.15, 0.2) is 5.85 Å². The second kappa shape index (κ2) is 2.49. The summed E-state index contributed by atoms with van der Waals surface area (Å²) < 4.78 is 0. The van der Waals surface area contributed by atoms with Crippen LogP contribution in [0.4, 0.5) is 5.69 Å². The minimum absolute atomic E-state index is 0.189. The molecule has 2 aliphatic rings. The molecule has 0 amide bonds. The molecule has 3 atom stereocenters. The van der Waals surface area contributed by atoms with E-state index < -0.39 is 5.85 Å². The first kappa shape index (κ1) is 8.26. The van der Waals surface area contributed by atoms with E-state index in [0.29, 0.717) is 6.04 Å². The first-order valence-corrected chi connectivity index (χ1v) is 5.06. The van der Waals surface area contributed by atoms with Crippen LogP contribution in [-0.2, 0) is 0 Å². The van der Waals surface area contributed by atoms with Gasteiger partial charge in [0, 0.05) is 17.6 Å².